The van der Waals surface area contributed by atoms with Crippen LogP contribution in [0, 0.1) is 17.2 Å². The number of hydrogen-bond donors (Lipinski definition) is 1. The van der Waals surface area contributed by atoms with Gasteiger partial charge < -0.3 is 10.1 Å². The quantitative estimate of drug-likeness (QED) is 0.915. The van der Waals surface area contributed by atoms with Gasteiger partial charge in [0, 0.05) is 12.1 Å². The normalized spacial score (nSPS) is 11.2. The van der Waals surface area contributed by atoms with Crippen molar-refractivity contribution in [1.82, 2.24) is 0 Å². The number of nitrogens with one attached hydrogen (secondary N) is 1. The smallest absolute Gasteiger partial charge is 0.242 e. The molecule has 21 heavy (non-hydrogen) atoms. The Bertz CT molecular complexity index is 647. The van der Waals surface area contributed by atoms with Crippen LogP contribution < -0.4 is 10.1 Å². The first-order valence-corrected chi connectivity index (χ1v) is 6.62. The molecular weight excluding hydrogens is 264 g/mol. The third-order valence-corrected chi connectivity index (χ3v) is 3.13. The monoisotopic (exact) mass is 280 g/mol. The number of methoxy groups -OCH3 is 1. The molecule has 1 amide bonds. The summed E-state index contributed by atoms with van der Waals surface area (Å²) in [5.41, 5.74) is 1.53. The standard InChI is InChI=1S/C17H16N2O2/c1-21-16-10-6-5-7-13(16)11-14(12-18)17(20)19-15-8-3-2-4-9-15/h2-10,14H,11H2,1H3,(H,19,20)/t14-/m0/s1. The molecule has 0 spiro atoms. The van der Waals surface area contributed by atoms with Crippen molar-refractivity contribution >= 4 is 11.6 Å². The zero-order chi connectivity index (χ0) is 15.1. The average molecular weight is 280 g/mol. The molecule has 2 aromatic carbocycles. The van der Waals surface area contributed by atoms with Crippen molar-refractivity contribution in [1.29, 1.82) is 5.26 Å². The Hall–Kier alpha value is -2.80. The Balaban J connectivity index is 2.09. The molecule has 0 aliphatic rings. The zero-order valence-electron chi connectivity index (χ0n) is 11.7. The average Bonchev–Trinajstić information content (AvgIpc) is 2.53. The van der Waals surface area contributed by atoms with Gasteiger partial charge in [0.1, 0.15) is 11.7 Å². The van der Waals surface area contributed by atoms with Gasteiger partial charge in [-0.3, -0.25) is 4.79 Å². The maximum atomic E-state index is 12.2. The SMILES string of the molecule is COc1ccccc1C[C@@H](C#N)C(=O)Nc1ccccc1. The van der Waals surface area contributed by atoms with E-state index in [1.165, 1.54) is 0 Å². The zero-order valence-corrected chi connectivity index (χ0v) is 11.7. The minimum Gasteiger partial charge on any atom is -0.496 e. The van der Waals surface area contributed by atoms with Crippen molar-refractivity contribution < 1.29 is 9.53 Å². The fraction of sp³-hybridized carbons (Fsp3) is 0.176. The molecule has 0 fully saturated rings. The van der Waals surface area contributed by atoms with Crippen LogP contribution in [0.1, 0.15) is 5.56 Å². The van der Waals surface area contributed by atoms with E-state index in [1.54, 1.807) is 19.2 Å². The second-order valence-electron chi connectivity index (χ2n) is 4.55. The van der Waals surface area contributed by atoms with Gasteiger partial charge in [-0.15, -0.1) is 0 Å². The van der Waals surface area contributed by atoms with Gasteiger partial charge in [-0.2, -0.15) is 5.26 Å². The van der Waals surface area contributed by atoms with E-state index in [4.69, 9.17) is 4.74 Å². The highest BCUT2D eigenvalue weighted by Gasteiger charge is 2.20. The number of hydrogen-bond acceptors (Lipinski definition) is 3. The Morgan fingerprint density at radius 1 is 1.19 bits per heavy atom. The van der Waals surface area contributed by atoms with Crippen LogP contribution >= 0.6 is 0 Å². The molecule has 0 aromatic heterocycles. The summed E-state index contributed by atoms with van der Waals surface area (Å²) in [6.45, 7) is 0. The maximum Gasteiger partial charge on any atom is 0.242 e. The lowest BCUT2D eigenvalue weighted by atomic mass is 9.99. The lowest BCUT2D eigenvalue weighted by Crippen LogP contribution is -2.23. The topological polar surface area (TPSA) is 62.1 Å². The van der Waals surface area contributed by atoms with Gasteiger partial charge in [0.05, 0.1) is 13.2 Å². The number of para-hydroxylation sites is 2. The van der Waals surface area contributed by atoms with Gasteiger partial charge in [-0.1, -0.05) is 36.4 Å². The minimum absolute atomic E-state index is 0.311. The summed E-state index contributed by atoms with van der Waals surface area (Å²) >= 11 is 0. The number of amides is 1. The molecule has 0 aliphatic carbocycles. The fourth-order valence-electron chi connectivity index (χ4n) is 2.04. The Morgan fingerprint density at radius 3 is 2.52 bits per heavy atom. The van der Waals surface area contributed by atoms with Crippen molar-refractivity contribution in [3.8, 4) is 11.8 Å². The second kappa shape index (κ2) is 7.11. The van der Waals surface area contributed by atoms with Crippen LogP contribution in [0.4, 0.5) is 5.69 Å². The van der Waals surface area contributed by atoms with E-state index in [0.29, 0.717) is 17.9 Å². The number of benzene rings is 2. The number of rotatable bonds is 5. The summed E-state index contributed by atoms with van der Waals surface area (Å²) in [4.78, 5) is 12.2. The fourth-order valence-corrected chi connectivity index (χ4v) is 2.04. The third-order valence-electron chi connectivity index (χ3n) is 3.13. The molecule has 0 radical (unpaired) electrons. The third kappa shape index (κ3) is 3.83. The van der Waals surface area contributed by atoms with Gasteiger partial charge in [0.25, 0.3) is 0 Å². The molecule has 0 bridgehead atoms. The summed E-state index contributed by atoms with van der Waals surface area (Å²) in [5.74, 6) is -0.388. The number of nitriles is 1. The molecule has 0 aliphatic heterocycles. The molecule has 1 atom stereocenters. The Kier molecular flexibility index (Phi) is 4.94. The lowest BCUT2D eigenvalue weighted by Gasteiger charge is -2.12. The van der Waals surface area contributed by atoms with Gasteiger partial charge in [-0.05, 0) is 23.8 Å². The highest BCUT2D eigenvalue weighted by atomic mass is 16.5. The summed E-state index contributed by atoms with van der Waals surface area (Å²) in [5, 5.41) is 12.0. The number of anilines is 1. The van der Waals surface area contributed by atoms with Crippen LogP contribution in [-0.4, -0.2) is 13.0 Å². The van der Waals surface area contributed by atoms with Gasteiger partial charge in [0.2, 0.25) is 5.91 Å². The number of nitrogens with zero attached hydrogens (tertiary/aromatic N) is 1. The molecule has 0 saturated heterocycles. The van der Waals surface area contributed by atoms with Crippen LogP contribution in [0.3, 0.4) is 0 Å². The molecule has 0 saturated carbocycles. The summed E-state index contributed by atoms with van der Waals surface area (Å²) in [6.07, 6.45) is 0.319. The lowest BCUT2D eigenvalue weighted by molar-refractivity contribution is -0.118. The number of carbonyl (C=O) groups excluding carboxylic acids is 1. The number of ether oxygens (including phenoxy) is 1. The molecule has 4 nitrogen and oxygen atoms in total. The van der Waals surface area contributed by atoms with Crippen molar-refractivity contribution in [3.05, 3.63) is 60.2 Å². The second-order valence-corrected chi connectivity index (χ2v) is 4.55. The van der Waals surface area contributed by atoms with Crippen LogP contribution in [0.15, 0.2) is 54.6 Å². The van der Waals surface area contributed by atoms with Gasteiger partial charge in [-0.25, -0.2) is 0 Å². The van der Waals surface area contributed by atoms with E-state index >= 15 is 0 Å². The molecular formula is C17H16N2O2. The van der Waals surface area contributed by atoms with Crippen molar-refractivity contribution in [3.63, 3.8) is 0 Å². The van der Waals surface area contributed by atoms with E-state index in [2.05, 4.69) is 11.4 Å². The molecule has 0 heterocycles. The Labute approximate surface area is 124 Å². The first kappa shape index (κ1) is 14.6. The summed E-state index contributed by atoms with van der Waals surface area (Å²) in [6, 6.07) is 18.6. The largest absolute Gasteiger partial charge is 0.496 e. The molecule has 1 N–H and O–H groups in total. The molecule has 0 unspecified atom stereocenters. The molecule has 106 valence electrons. The highest BCUT2D eigenvalue weighted by molar-refractivity contribution is 5.94. The molecule has 2 rings (SSSR count). The minimum atomic E-state index is -0.762. The molecule has 4 heteroatoms. The van der Waals surface area contributed by atoms with E-state index in [9.17, 15) is 10.1 Å². The summed E-state index contributed by atoms with van der Waals surface area (Å²) < 4.78 is 5.25. The first-order chi connectivity index (χ1) is 10.2. The Morgan fingerprint density at radius 2 is 1.86 bits per heavy atom. The highest BCUT2D eigenvalue weighted by Crippen LogP contribution is 2.21. The maximum absolute atomic E-state index is 12.2. The number of carbonyl (C=O) groups is 1. The van der Waals surface area contributed by atoms with Crippen LogP contribution in [-0.2, 0) is 11.2 Å². The summed E-state index contributed by atoms with van der Waals surface area (Å²) in [7, 11) is 1.57. The van der Waals surface area contributed by atoms with Crippen molar-refractivity contribution in [2.45, 2.75) is 6.42 Å². The van der Waals surface area contributed by atoms with E-state index in [-0.39, 0.29) is 5.91 Å². The van der Waals surface area contributed by atoms with E-state index in [0.717, 1.165) is 5.56 Å². The van der Waals surface area contributed by atoms with Gasteiger partial charge in [0.15, 0.2) is 0 Å². The van der Waals surface area contributed by atoms with E-state index < -0.39 is 5.92 Å². The van der Waals surface area contributed by atoms with Gasteiger partial charge >= 0.3 is 0 Å². The first-order valence-electron chi connectivity index (χ1n) is 6.62. The molecule has 2 aromatic rings. The van der Waals surface area contributed by atoms with Crippen molar-refractivity contribution in [2.24, 2.45) is 5.92 Å². The predicted molar refractivity (Wildman–Crippen MR) is 80.9 cm³/mol. The van der Waals surface area contributed by atoms with Crippen LogP contribution in [0.2, 0.25) is 0 Å². The van der Waals surface area contributed by atoms with Crippen molar-refractivity contribution in [2.75, 3.05) is 12.4 Å². The van der Waals surface area contributed by atoms with Crippen LogP contribution in [0.25, 0.3) is 0 Å². The van der Waals surface area contributed by atoms with E-state index in [1.807, 2.05) is 42.5 Å². The predicted octanol–water partition coefficient (Wildman–Crippen LogP) is 3.02. The van der Waals surface area contributed by atoms with Crippen LogP contribution in [0.5, 0.6) is 5.75 Å².